The van der Waals surface area contributed by atoms with Crippen LogP contribution in [0.1, 0.15) is 5.56 Å². The van der Waals surface area contributed by atoms with Crippen LogP contribution >= 0.6 is 11.6 Å². The number of rotatable bonds is 1. The van der Waals surface area contributed by atoms with Crippen LogP contribution < -0.4 is 0 Å². The van der Waals surface area contributed by atoms with Gasteiger partial charge in [-0.3, -0.25) is 0 Å². The Hall–Kier alpha value is -1.35. The second kappa shape index (κ2) is 3.42. The molecule has 2 heterocycles. The zero-order valence-electron chi connectivity index (χ0n) is 7.51. The summed E-state index contributed by atoms with van der Waals surface area (Å²) < 4.78 is 13.3. The maximum Gasteiger partial charge on any atom is 0.222 e. The lowest BCUT2D eigenvalue weighted by molar-refractivity contribution is 0.587. The Morgan fingerprint density at radius 1 is 1.50 bits per heavy atom. The van der Waals surface area contributed by atoms with Gasteiger partial charge < -0.3 is 4.98 Å². The van der Waals surface area contributed by atoms with E-state index in [2.05, 4.69) is 9.97 Å². The van der Waals surface area contributed by atoms with Crippen molar-refractivity contribution in [2.24, 2.45) is 0 Å². The van der Waals surface area contributed by atoms with Crippen LogP contribution in [0.5, 0.6) is 0 Å². The summed E-state index contributed by atoms with van der Waals surface area (Å²) in [5, 5.41) is 0.501. The van der Waals surface area contributed by atoms with Gasteiger partial charge >= 0.3 is 0 Å². The molecule has 0 aliphatic carbocycles. The third kappa shape index (κ3) is 1.51. The number of aromatic amines is 1. The molecular weight excluding hydrogens is 203 g/mol. The average Bonchev–Trinajstić information content (AvgIpc) is 2.46. The van der Waals surface area contributed by atoms with Gasteiger partial charge in [-0.25, -0.2) is 4.98 Å². The first-order chi connectivity index (χ1) is 6.68. The number of hydrogen-bond acceptors (Lipinski definition) is 1. The highest BCUT2D eigenvalue weighted by Crippen LogP contribution is 2.26. The largest absolute Gasteiger partial charge is 0.345 e. The fourth-order valence-corrected chi connectivity index (χ4v) is 1.63. The number of pyridine rings is 1. The zero-order valence-corrected chi connectivity index (χ0v) is 8.27. The molecule has 0 aliphatic heterocycles. The molecule has 2 rings (SSSR count). The van der Waals surface area contributed by atoms with E-state index < -0.39 is 5.95 Å². The fourth-order valence-electron chi connectivity index (χ4n) is 1.37. The number of halogens is 2. The van der Waals surface area contributed by atoms with Gasteiger partial charge in [0.05, 0.1) is 11.3 Å². The number of nitrogens with zero attached hydrogens (tertiary/aromatic N) is 1. The SMILES string of the molecule is Cc1cc(Cl)[nH]c1-c1cccnc1F. The molecule has 0 saturated heterocycles. The second-order valence-electron chi connectivity index (χ2n) is 3.02. The van der Waals surface area contributed by atoms with Crippen molar-refractivity contribution in [2.75, 3.05) is 0 Å². The maximum absolute atomic E-state index is 13.3. The smallest absolute Gasteiger partial charge is 0.222 e. The molecule has 0 saturated carbocycles. The molecule has 1 N–H and O–H groups in total. The first-order valence-electron chi connectivity index (χ1n) is 4.14. The number of nitrogens with one attached hydrogen (secondary N) is 1. The van der Waals surface area contributed by atoms with Crippen LogP contribution in [-0.4, -0.2) is 9.97 Å². The molecule has 4 heteroatoms. The quantitative estimate of drug-likeness (QED) is 0.720. The molecule has 0 fully saturated rings. The van der Waals surface area contributed by atoms with Gasteiger partial charge in [-0.15, -0.1) is 0 Å². The van der Waals surface area contributed by atoms with E-state index in [1.807, 2.05) is 6.92 Å². The molecule has 0 aliphatic rings. The number of H-pyrrole nitrogens is 1. The first kappa shape index (κ1) is 9.21. The topological polar surface area (TPSA) is 28.7 Å². The second-order valence-corrected chi connectivity index (χ2v) is 3.42. The number of aryl methyl sites for hydroxylation is 1. The summed E-state index contributed by atoms with van der Waals surface area (Å²) in [4.78, 5) is 6.46. The van der Waals surface area contributed by atoms with Gasteiger partial charge in [0.25, 0.3) is 0 Å². The van der Waals surface area contributed by atoms with E-state index >= 15 is 0 Å². The Labute approximate surface area is 85.8 Å². The molecular formula is C10H8ClFN2. The molecule has 2 aromatic rings. The molecule has 0 amide bonds. The summed E-state index contributed by atoms with van der Waals surface area (Å²) in [7, 11) is 0. The normalized spacial score (nSPS) is 10.5. The molecule has 0 spiro atoms. The van der Waals surface area contributed by atoms with Crippen LogP contribution in [0.2, 0.25) is 5.15 Å². The van der Waals surface area contributed by atoms with Gasteiger partial charge in [-0.1, -0.05) is 11.6 Å². The van der Waals surface area contributed by atoms with Crippen molar-refractivity contribution in [3.05, 3.63) is 41.1 Å². The molecule has 2 aromatic heterocycles. The van der Waals surface area contributed by atoms with E-state index in [1.165, 1.54) is 6.20 Å². The van der Waals surface area contributed by atoms with Gasteiger partial charge in [0, 0.05) is 6.20 Å². The van der Waals surface area contributed by atoms with E-state index in [4.69, 9.17) is 11.6 Å². The van der Waals surface area contributed by atoms with Crippen LogP contribution in [0, 0.1) is 12.9 Å². The summed E-state index contributed by atoms with van der Waals surface area (Å²) in [6, 6.07) is 5.10. The minimum absolute atomic E-state index is 0.442. The van der Waals surface area contributed by atoms with E-state index in [0.717, 1.165) is 5.56 Å². The van der Waals surface area contributed by atoms with Gasteiger partial charge in [0.1, 0.15) is 5.15 Å². The number of hydrogen-bond donors (Lipinski definition) is 1. The first-order valence-corrected chi connectivity index (χ1v) is 4.52. The predicted octanol–water partition coefficient (Wildman–Crippen LogP) is 3.18. The molecule has 14 heavy (non-hydrogen) atoms. The molecule has 0 bridgehead atoms. The molecule has 2 nitrogen and oxygen atoms in total. The highest BCUT2D eigenvalue weighted by molar-refractivity contribution is 6.29. The summed E-state index contributed by atoms with van der Waals surface area (Å²) >= 11 is 5.77. The van der Waals surface area contributed by atoms with Crippen LogP contribution in [-0.2, 0) is 0 Å². The van der Waals surface area contributed by atoms with Crippen molar-refractivity contribution < 1.29 is 4.39 Å². The standard InChI is InChI=1S/C10H8ClFN2/c1-6-5-8(11)14-9(6)7-3-2-4-13-10(7)12/h2-5,14H,1H3. The van der Waals surface area contributed by atoms with E-state index in [-0.39, 0.29) is 0 Å². The predicted molar refractivity (Wildman–Crippen MR) is 53.7 cm³/mol. The summed E-state index contributed by atoms with van der Waals surface area (Å²) in [5.41, 5.74) is 2.03. The van der Waals surface area contributed by atoms with Gasteiger partial charge in [0.15, 0.2) is 0 Å². The Morgan fingerprint density at radius 3 is 2.86 bits per heavy atom. The van der Waals surface area contributed by atoms with Crippen LogP contribution in [0.25, 0.3) is 11.3 Å². The lowest BCUT2D eigenvalue weighted by atomic mass is 10.1. The van der Waals surface area contributed by atoms with Crippen molar-refractivity contribution in [3.63, 3.8) is 0 Å². The van der Waals surface area contributed by atoms with Crippen molar-refractivity contribution >= 4 is 11.6 Å². The van der Waals surface area contributed by atoms with Crippen molar-refractivity contribution in [3.8, 4) is 11.3 Å². The number of aromatic nitrogens is 2. The fraction of sp³-hybridized carbons (Fsp3) is 0.100. The third-order valence-electron chi connectivity index (χ3n) is 2.01. The van der Waals surface area contributed by atoms with Crippen LogP contribution in [0.4, 0.5) is 4.39 Å². The van der Waals surface area contributed by atoms with E-state index in [9.17, 15) is 4.39 Å². The maximum atomic E-state index is 13.3. The average molecular weight is 211 g/mol. The molecule has 0 aromatic carbocycles. The van der Waals surface area contributed by atoms with Crippen molar-refractivity contribution in [1.82, 2.24) is 9.97 Å². The summed E-state index contributed by atoms with van der Waals surface area (Å²) in [6.07, 6.45) is 1.42. The monoisotopic (exact) mass is 210 g/mol. The molecule has 0 atom stereocenters. The minimum atomic E-state index is -0.492. The van der Waals surface area contributed by atoms with Gasteiger partial charge in [-0.05, 0) is 30.7 Å². The Balaban J connectivity index is 2.60. The summed E-state index contributed by atoms with van der Waals surface area (Å²) in [6.45, 7) is 1.87. The Morgan fingerprint density at radius 2 is 2.29 bits per heavy atom. The van der Waals surface area contributed by atoms with Crippen LogP contribution in [0.3, 0.4) is 0 Å². The Kier molecular flexibility index (Phi) is 2.25. The zero-order chi connectivity index (χ0) is 10.1. The molecule has 0 radical (unpaired) electrons. The third-order valence-corrected chi connectivity index (χ3v) is 2.21. The summed E-state index contributed by atoms with van der Waals surface area (Å²) in [5.74, 6) is -0.492. The lowest BCUT2D eigenvalue weighted by Crippen LogP contribution is -1.89. The molecule has 72 valence electrons. The van der Waals surface area contributed by atoms with E-state index in [1.54, 1.807) is 18.2 Å². The lowest BCUT2D eigenvalue weighted by Gasteiger charge is -2.00. The van der Waals surface area contributed by atoms with Crippen molar-refractivity contribution in [2.45, 2.75) is 6.92 Å². The van der Waals surface area contributed by atoms with E-state index in [0.29, 0.717) is 16.4 Å². The highest BCUT2D eigenvalue weighted by Gasteiger charge is 2.10. The highest BCUT2D eigenvalue weighted by atomic mass is 35.5. The minimum Gasteiger partial charge on any atom is -0.345 e. The Bertz CT molecular complexity index is 465. The van der Waals surface area contributed by atoms with Crippen molar-refractivity contribution in [1.29, 1.82) is 0 Å². The van der Waals surface area contributed by atoms with Crippen LogP contribution in [0.15, 0.2) is 24.4 Å². The van der Waals surface area contributed by atoms with Gasteiger partial charge in [-0.2, -0.15) is 4.39 Å². The van der Waals surface area contributed by atoms with Gasteiger partial charge in [0.2, 0.25) is 5.95 Å². The molecule has 0 unspecified atom stereocenters.